The number of carbonyl (C=O) groups excluding carboxylic acids is 4. The molecule has 0 unspecified atom stereocenters. The van der Waals surface area contributed by atoms with Crippen LogP contribution in [0.15, 0.2) is 0 Å². The Morgan fingerprint density at radius 2 is 1.15 bits per heavy atom. The van der Waals surface area contributed by atoms with Crippen LogP contribution in [-0.4, -0.2) is 60.6 Å². The van der Waals surface area contributed by atoms with Crippen molar-refractivity contribution < 1.29 is 33.4 Å². The van der Waals surface area contributed by atoms with Crippen molar-refractivity contribution in [1.29, 1.82) is 0 Å². The van der Waals surface area contributed by atoms with E-state index in [9.17, 15) is 19.2 Å². The zero-order valence-corrected chi connectivity index (χ0v) is 25.9. The molecule has 1 amide bonds. The Bertz CT molecular complexity index is 694. The smallest absolute Gasteiger partial charge is 0.306 e. The van der Waals surface area contributed by atoms with Crippen molar-refractivity contribution in [1.82, 2.24) is 4.90 Å². The predicted molar refractivity (Wildman–Crippen MR) is 157 cm³/mol. The topological polar surface area (TPSA) is 99.2 Å². The van der Waals surface area contributed by atoms with Crippen molar-refractivity contribution in [3.8, 4) is 0 Å². The fraction of sp³-hybridized carbons (Fsp3) is 0.875. The number of likely N-dealkylation sites (tertiary alicyclic amines) is 1. The number of rotatable bonds is 23. The van der Waals surface area contributed by atoms with Crippen molar-refractivity contribution >= 4 is 23.8 Å². The third kappa shape index (κ3) is 16.2. The molecule has 40 heavy (non-hydrogen) atoms. The summed E-state index contributed by atoms with van der Waals surface area (Å²) in [4.78, 5) is 52.0. The molecule has 8 nitrogen and oxygen atoms in total. The van der Waals surface area contributed by atoms with E-state index in [1.807, 2.05) is 13.8 Å². The van der Waals surface area contributed by atoms with Gasteiger partial charge in [0.05, 0.1) is 19.8 Å². The standard InChI is InChI=1S/C32H57NO7/c1-5-9-11-13-15-17-19-38-30(35)21-26(22-31(36)39-20-18-16-14-12-10-6-2)23-32(37)40-28-24-27(7-3)33(25-28)29(34)8-4/h26-28H,5-25H2,1-4H3/t27-,28-/m1/s1. The molecule has 2 atom stereocenters. The fourth-order valence-electron chi connectivity index (χ4n) is 5.27. The first-order valence-electron chi connectivity index (χ1n) is 16.1. The van der Waals surface area contributed by atoms with Crippen LogP contribution in [0.1, 0.15) is 143 Å². The van der Waals surface area contributed by atoms with Gasteiger partial charge in [0.2, 0.25) is 5.91 Å². The van der Waals surface area contributed by atoms with E-state index in [4.69, 9.17) is 14.2 Å². The molecule has 1 saturated heterocycles. The third-order valence-corrected chi connectivity index (χ3v) is 7.66. The van der Waals surface area contributed by atoms with Crippen LogP contribution in [0.5, 0.6) is 0 Å². The maximum Gasteiger partial charge on any atom is 0.306 e. The fourth-order valence-corrected chi connectivity index (χ4v) is 5.27. The first kappa shape index (κ1) is 35.9. The van der Waals surface area contributed by atoms with Crippen molar-refractivity contribution in [2.75, 3.05) is 19.8 Å². The van der Waals surface area contributed by atoms with E-state index in [2.05, 4.69) is 13.8 Å². The van der Waals surface area contributed by atoms with Crippen molar-refractivity contribution in [3.05, 3.63) is 0 Å². The molecular weight excluding hydrogens is 510 g/mol. The molecule has 0 radical (unpaired) electrons. The summed E-state index contributed by atoms with van der Waals surface area (Å²) < 4.78 is 16.5. The number of unbranched alkanes of at least 4 members (excludes halogenated alkanes) is 10. The maximum absolute atomic E-state index is 12.9. The zero-order chi connectivity index (χ0) is 29.6. The average Bonchev–Trinajstić information content (AvgIpc) is 3.34. The molecule has 0 N–H and O–H groups in total. The summed E-state index contributed by atoms with van der Waals surface area (Å²) in [5.41, 5.74) is 0. The van der Waals surface area contributed by atoms with Crippen LogP contribution >= 0.6 is 0 Å². The number of amides is 1. The summed E-state index contributed by atoms with van der Waals surface area (Å²) in [6.45, 7) is 9.30. The van der Waals surface area contributed by atoms with Crippen LogP contribution in [0.3, 0.4) is 0 Å². The molecule has 1 rings (SSSR count). The lowest BCUT2D eigenvalue weighted by Gasteiger charge is -2.22. The summed E-state index contributed by atoms with van der Waals surface area (Å²) in [6.07, 6.45) is 14.5. The Labute approximate surface area is 243 Å². The minimum Gasteiger partial charge on any atom is -0.466 e. The molecule has 1 heterocycles. The number of nitrogens with zero attached hydrogens (tertiary/aromatic N) is 1. The van der Waals surface area contributed by atoms with Crippen LogP contribution in [-0.2, 0) is 33.4 Å². The SMILES string of the molecule is CCCCCCCCOC(=O)CC(CC(=O)OCCCCCCCC)CC(=O)O[C@@H]1C[C@@H](CC)N(C(=O)CC)C1. The molecule has 0 spiro atoms. The number of carbonyl (C=O) groups is 4. The summed E-state index contributed by atoms with van der Waals surface area (Å²) in [5, 5.41) is 0. The second-order valence-electron chi connectivity index (χ2n) is 11.3. The van der Waals surface area contributed by atoms with Crippen LogP contribution in [0.2, 0.25) is 0 Å². The normalized spacial score (nSPS) is 16.8. The Kier molecular flexibility index (Phi) is 20.2. The van der Waals surface area contributed by atoms with Gasteiger partial charge >= 0.3 is 17.9 Å². The minimum absolute atomic E-state index is 0.0280. The lowest BCUT2D eigenvalue weighted by molar-refractivity contribution is -0.153. The second-order valence-corrected chi connectivity index (χ2v) is 11.3. The lowest BCUT2D eigenvalue weighted by atomic mass is 9.97. The van der Waals surface area contributed by atoms with Gasteiger partial charge in [-0.1, -0.05) is 91.9 Å². The van der Waals surface area contributed by atoms with Gasteiger partial charge in [-0.3, -0.25) is 19.2 Å². The lowest BCUT2D eigenvalue weighted by Crippen LogP contribution is -2.35. The molecule has 1 aliphatic heterocycles. The molecule has 0 aromatic rings. The maximum atomic E-state index is 12.9. The van der Waals surface area contributed by atoms with Crippen LogP contribution in [0, 0.1) is 5.92 Å². The number of hydrogen-bond acceptors (Lipinski definition) is 7. The van der Waals surface area contributed by atoms with Gasteiger partial charge in [0, 0.05) is 38.1 Å². The molecule has 1 aliphatic rings. The van der Waals surface area contributed by atoms with Gasteiger partial charge in [-0.15, -0.1) is 0 Å². The summed E-state index contributed by atoms with van der Waals surface area (Å²) in [5.74, 6) is -1.74. The van der Waals surface area contributed by atoms with Gasteiger partial charge in [-0.2, -0.15) is 0 Å². The van der Waals surface area contributed by atoms with Crippen LogP contribution < -0.4 is 0 Å². The number of esters is 3. The van der Waals surface area contributed by atoms with Gasteiger partial charge in [0.15, 0.2) is 0 Å². The summed E-state index contributed by atoms with van der Waals surface area (Å²) >= 11 is 0. The van der Waals surface area contributed by atoms with Crippen LogP contribution in [0.4, 0.5) is 0 Å². The Balaban J connectivity index is 2.57. The second kappa shape index (κ2) is 22.6. The van der Waals surface area contributed by atoms with Gasteiger partial charge in [-0.05, 0) is 25.2 Å². The van der Waals surface area contributed by atoms with Crippen molar-refractivity contribution in [3.63, 3.8) is 0 Å². The van der Waals surface area contributed by atoms with E-state index in [0.717, 1.165) is 44.9 Å². The first-order chi connectivity index (χ1) is 19.3. The predicted octanol–water partition coefficient (Wildman–Crippen LogP) is 6.91. The first-order valence-corrected chi connectivity index (χ1v) is 16.1. The molecule has 0 bridgehead atoms. The zero-order valence-electron chi connectivity index (χ0n) is 25.9. The average molecular weight is 568 g/mol. The van der Waals surface area contributed by atoms with Crippen molar-refractivity contribution in [2.24, 2.45) is 5.92 Å². The minimum atomic E-state index is -0.543. The van der Waals surface area contributed by atoms with Gasteiger partial charge in [-0.25, -0.2) is 0 Å². The molecule has 0 aliphatic carbocycles. The molecule has 0 aromatic heterocycles. The van der Waals surface area contributed by atoms with Gasteiger partial charge < -0.3 is 19.1 Å². The summed E-state index contributed by atoms with van der Waals surface area (Å²) in [6, 6.07) is 0.0648. The third-order valence-electron chi connectivity index (χ3n) is 7.66. The molecule has 0 aromatic carbocycles. The van der Waals surface area contributed by atoms with E-state index in [0.29, 0.717) is 32.6 Å². The molecule has 1 fully saturated rings. The number of hydrogen-bond donors (Lipinski definition) is 0. The summed E-state index contributed by atoms with van der Waals surface area (Å²) in [7, 11) is 0. The Morgan fingerprint density at radius 3 is 1.62 bits per heavy atom. The van der Waals surface area contributed by atoms with E-state index >= 15 is 0 Å². The quantitative estimate of drug-likeness (QED) is 0.0751. The molecule has 232 valence electrons. The molecule has 0 saturated carbocycles. The van der Waals surface area contributed by atoms with E-state index in [1.54, 1.807) is 4.90 Å². The highest BCUT2D eigenvalue weighted by atomic mass is 16.5. The molecular formula is C32H57NO7. The highest BCUT2D eigenvalue weighted by molar-refractivity contribution is 5.77. The van der Waals surface area contributed by atoms with Gasteiger partial charge in [0.25, 0.3) is 0 Å². The van der Waals surface area contributed by atoms with Crippen molar-refractivity contribution in [2.45, 2.75) is 155 Å². The number of ether oxygens (including phenoxy) is 3. The molecule has 8 heteroatoms. The van der Waals surface area contributed by atoms with Gasteiger partial charge in [0.1, 0.15) is 6.10 Å². The largest absolute Gasteiger partial charge is 0.466 e. The van der Waals surface area contributed by atoms with Crippen LogP contribution in [0.25, 0.3) is 0 Å². The monoisotopic (exact) mass is 567 g/mol. The highest BCUT2D eigenvalue weighted by Gasteiger charge is 2.36. The highest BCUT2D eigenvalue weighted by Crippen LogP contribution is 2.25. The Morgan fingerprint density at radius 1 is 0.675 bits per heavy atom. The Hall–Kier alpha value is -2.12. The van der Waals surface area contributed by atoms with E-state index in [-0.39, 0.29) is 37.3 Å². The van der Waals surface area contributed by atoms with E-state index < -0.39 is 23.8 Å². The van der Waals surface area contributed by atoms with E-state index in [1.165, 1.54) is 38.5 Å².